The van der Waals surface area contributed by atoms with Crippen molar-refractivity contribution < 1.29 is 33.3 Å². The summed E-state index contributed by atoms with van der Waals surface area (Å²) in [6.07, 6.45) is 5.34. The van der Waals surface area contributed by atoms with Crippen LogP contribution in [-0.2, 0) is 27.3 Å². The Balaban J connectivity index is 1.42. The van der Waals surface area contributed by atoms with E-state index >= 15 is 0 Å². The van der Waals surface area contributed by atoms with Gasteiger partial charge in [0.1, 0.15) is 18.2 Å². The maximum atomic E-state index is 13.0. The van der Waals surface area contributed by atoms with E-state index in [0.29, 0.717) is 45.3 Å². The van der Waals surface area contributed by atoms with E-state index in [4.69, 9.17) is 14.2 Å². The molecule has 1 aliphatic carbocycles. The highest BCUT2D eigenvalue weighted by Gasteiger charge is 2.21. The van der Waals surface area contributed by atoms with Gasteiger partial charge in [0.05, 0.1) is 13.2 Å². The molecule has 214 valence electrons. The smallest absolute Gasteiger partial charge is 0.333 e. The van der Waals surface area contributed by atoms with Gasteiger partial charge in [-0.05, 0) is 68.0 Å². The summed E-state index contributed by atoms with van der Waals surface area (Å²) in [5, 5.41) is 12.4. The van der Waals surface area contributed by atoms with E-state index in [1.54, 1.807) is 24.0 Å². The van der Waals surface area contributed by atoms with Crippen molar-refractivity contribution >= 4 is 12.0 Å². The number of benzene rings is 2. The van der Waals surface area contributed by atoms with E-state index in [1.165, 1.54) is 12.1 Å². The Morgan fingerprint density at radius 1 is 1.00 bits per heavy atom. The van der Waals surface area contributed by atoms with Gasteiger partial charge in [-0.25, -0.2) is 14.0 Å². The first-order valence-corrected chi connectivity index (χ1v) is 13.9. The van der Waals surface area contributed by atoms with E-state index in [-0.39, 0.29) is 24.3 Å². The number of hydrogen-bond donors (Lipinski definition) is 2. The zero-order chi connectivity index (χ0) is 27.9. The number of carboxylic acids is 1. The third-order valence-corrected chi connectivity index (χ3v) is 6.74. The van der Waals surface area contributed by atoms with Gasteiger partial charge in [0.2, 0.25) is 0 Å². The lowest BCUT2D eigenvalue weighted by molar-refractivity contribution is -0.149. The van der Waals surface area contributed by atoms with Crippen molar-refractivity contribution in [3.8, 4) is 5.75 Å². The number of carbonyl (C=O) groups is 2. The van der Waals surface area contributed by atoms with Crippen molar-refractivity contribution in [3.63, 3.8) is 0 Å². The molecule has 0 saturated heterocycles. The number of carbonyl (C=O) groups excluding carboxylic acids is 1. The zero-order valence-corrected chi connectivity index (χ0v) is 22.8. The summed E-state index contributed by atoms with van der Waals surface area (Å²) in [6, 6.07) is 13.7. The lowest BCUT2D eigenvalue weighted by Gasteiger charge is -2.25. The number of amides is 2. The summed E-state index contributed by atoms with van der Waals surface area (Å²) in [4.78, 5) is 26.1. The minimum atomic E-state index is -0.979. The summed E-state index contributed by atoms with van der Waals surface area (Å²) in [5.74, 6) is -0.581. The standard InChI is InChI=1S/C30H41FN2O6/c1-2-38-28(29(34)35)21-23-11-15-27(16-12-23)39-20-18-33(30(36)32-26-7-3-4-8-26)17-5-6-19-37-22-24-9-13-25(31)14-10-24/h9-16,26,28H,2-8,17-22H2,1H3,(H,32,36)(H,34,35). The Morgan fingerprint density at radius 2 is 1.69 bits per heavy atom. The molecule has 2 amide bonds. The van der Waals surface area contributed by atoms with Gasteiger partial charge in [-0.2, -0.15) is 0 Å². The van der Waals surface area contributed by atoms with Gasteiger partial charge in [0.25, 0.3) is 0 Å². The van der Waals surface area contributed by atoms with Crippen LogP contribution < -0.4 is 10.1 Å². The van der Waals surface area contributed by atoms with Crippen molar-refractivity contribution in [1.82, 2.24) is 10.2 Å². The molecule has 2 aromatic carbocycles. The minimum Gasteiger partial charge on any atom is -0.492 e. The first kappa shape index (κ1) is 30.4. The van der Waals surface area contributed by atoms with Crippen molar-refractivity contribution in [3.05, 3.63) is 65.5 Å². The zero-order valence-electron chi connectivity index (χ0n) is 22.8. The second-order valence-electron chi connectivity index (χ2n) is 9.78. The third kappa shape index (κ3) is 11.2. The predicted octanol–water partition coefficient (Wildman–Crippen LogP) is 5.19. The van der Waals surface area contributed by atoms with Crippen LogP contribution in [0.25, 0.3) is 0 Å². The Kier molecular flexibility index (Phi) is 13.0. The number of urea groups is 1. The Labute approximate surface area is 230 Å². The number of hydrogen-bond acceptors (Lipinski definition) is 5. The van der Waals surface area contributed by atoms with Crippen molar-refractivity contribution in [2.45, 2.75) is 70.6 Å². The highest BCUT2D eigenvalue weighted by atomic mass is 19.1. The molecule has 0 aromatic heterocycles. The topological polar surface area (TPSA) is 97.3 Å². The Morgan fingerprint density at radius 3 is 2.36 bits per heavy atom. The fourth-order valence-electron chi connectivity index (χ4n) is 4.56. The van der Waals surface area contributed by atoms with E-state index in [9.17, 15) is 19.1 Å². The van der Waals surface area contributed by atoms with E-state index in [0.717, 1.165) is 49.7 Å². The predicted molar refractivity (Wildman–Crippen MR) is 146 cm³/mol. The van der Waals surface area contributed by atoms with E-state index in [2.05, 4.69) is 5.32 Å². The molecule has 2 aromatic rings. The first-order chi connectivity index (χ1) is 18.9. The van der Waals surface area contributed by atoms with Crippen molar-refractivity contribution in [2.24, 2.45) is 0 Å². The molecule has 1 atom stereocenters. The number of aliphatic carboxylic acids is 1. The molecular formula is C30H41FN2O6. The van der Waals surface area contributed by atoms with Crippen molar-refractivity contribution in [2.75, 3.05) is 32.9 Å². The second-order valence-corrected chi connectivity index (χ2v) is 9.78. The maximum Gasteiger partial charge on any atom is 0.333 e. The molecule has 1 fully saturated rings. The summed E-state index contributed by atoms with van der Waals surface area (Å²) >= 11 is 0. The normalized spacial score (nSPS) is 14.2. The quantitative estimate of drug-likeness (QED) is 0.266. The summed E-state index contributed by atoms with van der Waals surface area (Å²) < 4.78 is 29.9. The van der Waals surface area contributed by atoms with Crippen LogP contribution in [0.5, 0.6) is 5.75 Å². The SMILES string of the molecule is CCOC(Cc1ccc(OCCN(CCCCOCc2ccc(F)cc2)C(=O)NC2CCCC2)cc1)C(=O)O. The monoisotopic (exact) mass is 544 g/mol. The fourth-order valence-corrected chi connectivity index (χ4v) is 4.56. The number of unbranched alkanes of at least 4 members (excludes halogenated alkanes) is 1. The highest BCUT2D eigenvalue weighted by Crippen LogP contribution is 2.18. The van der Waals surface area contributed by atoms with E-state index in [1.807, 2.05) is 24.3 Å². The fraction of sp³-hybridized carbons (Fsp3) is 0.533. The molecule has 8 nitrogen and oxygen atoms in total. The van der Waals surface area contributed by atoms with Crippen molar-refractivity contribution in [1.29, 1.82) is 0 Å². The van der Waals surface area contributed by atoms with Gasteiger partial charge in [-0.1, -0.05) is 37.1 Å². The van der Waals surface area contributed by atoms with Crippen LogP contribution >= 0.6 is 0 Å². The van der Waals surface area contributed by atoms with Gasteiger partial charge < -0.3 is 29.5 Å². The number of ether oxygens (including phenoxy) is 3. The third-order valence-electron chi connectivity index (χ3n) is 6.74. The summed E-state index contributed by atoms with van der Waals surface area (Å²) in [5.41, 5.74) is 1.78. The second kappa shape index (κ2) is 16.7. The molecular weight excluding hydrogens is 503 g/mol. The number of nitrogens with one attached hydrogen (secondary N) is 1. The van der Waals surface area contributed by atoms with Crippen LogP contribution in [0, 0.1) is 5.82 Å². The first-order valence-electron chi connectivity index (χ1n) is 13.9. The van der Waals surface area contributed by atoms with Crippen LogP contribution in [0.4, 0.5) is 9.18 Å². The lowest BCUT2D eigenvalue weighted by atomic mass is 10.1. The van der Waals surface area contributed by atoms with Gasteiger partial charge in [0.15, 0.2) is 6.10 Å². The van der Waals surface area contributed by atoms with Crippen LogP contribution in [-0.4, -0.2) is 67.1 Å². The summed E-state index contributed by atoms with van der Waals surface area (Å²) in [7, 11) is 0. The summed E-state index contributed by atoms with van der Waals surface area (Å²) in [6.45, 7) is 4.48. The Bertz CT molecular complexity index is 996. The molecule has 0 radical (unpaired) electrons. The number of rotatable bonds is 17. The average molecular weight is 545 g/mol. The average Bonchev–Trinajstić information content (AvgIpc) is 3.44. The largest absolute Gasteiger partial charge is 0.492 e. The molecule has 2 N–H and O–H groups in total. The number of nitrogens with zero attached hydrogens (tertiary/aromatic N) is 1. The molecule has 0 aliphatic heterocycles. The van der Waals surface area contributed by atoms with Gasteiger partial charge in [-0.15, -0.1) is 0 Å². The molecule has 39 heavy (non-hydrogen) atoms. The van der Waals surface area contributed by atoms with Gasteiger partial charge in [0, 0.05) is 32.2 Å². The van der Waals surface area contributed by atoms with Gasteiger partial charge in [-0.3, -0.25) is 0 Å². The van der Waals surface area contributed by atoms with Crippen LogP contribution in [0.15, 0.2) is 48.5 Å². The molecule has 1 saturated carbocycles. The minimum absolute atomic E-state index is 0.0660. The molecule has 1 aliphatic rings. The van der Waals surface area contributed by atoms with Crippen LogP contribution in [0.3, 0.4) is 0 Å². The van der Waals surface area contributed by atoms with Crippen LogP contribution in [0.1, 0.15) is 56.6 Å². The van der Waals surface area contributed by atoms with E-state index < -0.39 is 12.1 Å². The molecule has 0 heterocycles. The molecule has 1 unspecified atom stereocenters. The molecule has 0 bridgehead atoms. The number of carboxylic acid groups (broad SMARTS) is 1. The number of halogens is 1. The molecule has 9 heteroatoms. The highest BCUT2D eigenvalue weighted by molar-refractivity contribution is 5.74. The van der Waals surface area contributed by atoms with Gasteiger partial charge >= 0.3 is 12.0 Å². The molecule has 0 spiro atoms. The van der Waals surface area contributed by atoms with Crippen LogP contribution in [0.2, 0.25) is 0 Å². The lowest BCUT2D eigenvalue weighted by Crippen LogP contribution is -2.46. The maximum absolute atomic E-state index is 13.0. The Hall–Kier alpha value is -3.17. The molecule has 3 rings (SSSR count).